The summed E-state index contributed by atoms with van der Waals surface area (Å²) in [6.07, 6.45) is 6.27. The molecular weight excluding hydrogens is 266 g/mol. The van der Waals surface area contributed by atoms with Crippen LogP contribution in [0.5, 0.6) is 0 Å². The van der Waals surface area contributed by atoms with Crippen molar-refractivity contribution >= 4 is 18.1 Å². The van der Waals surface area contributed by atoms with Gasteiger partial charge in [0.1, 0.15) is 6.54 Å². The zero-order valence-corrected chi connectivity index (χ0v) is 11.8. The summed E-state index contributed by atoms with van der Waals surface area (Å²) in [5.74, 6) is -1.03. The minimum atomic E-state index is -1.03. The largest absolute Gasteiger partial charge is 0.480 e. The summed E-state index contributed by atoms with van der Waals surface area (Å²) in [5.41, 5.74) is 2.77. The number of carbonyl (C=O) groups is 1. The standard InChI is InChI=1S/C17H17NO3/c1-2-13-3-5-14(6-4-13)7-8-15-9-10-18(12-17(20)21)16(19)11-15/h3-11H,2,12H2,1H3,(H,20,21)/b8-7+. The Morgan fingerprint density at radius 3 is 2.38 bits per heavy atom. The maximum atomic E-state index is 11.7. The van der Waals surface area contributed by atoms with Gasteiger partial charge in [0.05, 0.1) is 0 Å². The summed E-state index contributed by atoms with van der Waals surface area (Å²) < 4.78 is 1.16. The first-order chi connectivity index (χ1) is 10.1. The number of carboxylic acids is 1. The number of aryl methyl sites for hydroxylation is 1. The Bertz CT molecular complexity index is 712. The fourth-order valence-corrected chi connectivity index (χ4v) is 1.96. The number of aliphatic carboxylic acids is 1. The van der Waals surface area contributed by atoms with Crippen LogP contribution in [0.1, 0.15) is 23.6 Å². The highest BCUT2D eigenvalue weighted by Gasteiger charge is 2.01. The van der Waals surface area contributed by atoms with Crippen molar-refractivity contribution in [1.29, 1.82) is 0 Å². The number of hydrogen-bond acceptors (Lipinski definition) is 2. The van der Waals surface area contributed by atoms with Gasteiger partial charge in [0.25, 0.3) is 5.56 Å². The molecule has 0 radical (unpaired) electrons. The normalized spacial score (nSPS) is 10.9. The van der Waals surface area contributed by atoms with Crippen molar-refractivity contribution in [3.05, 3.63) is 69.6 Å². The summed E-state index contributed by atoms with van der Waals surface area (Å²) >= 11 is 0. The molecule has 0 aliphatic rings. The molecule has 0 saturated carbocycles. The van der Waals surface area contributed by atoms with Gasteiger partial charge in [-0.25, -0.2) is 0 Å². The van der Waals surface area contributed by atoms with E-state index in [2.05, 4.69) is 19.1 Å². The van der Waals surface area contributed by atoms with Gasteiger partial charge in [0, 0.05) is 12.3 Å². The van der Waals surface area contributed by atoms with Crippen LogP contribution in [0.4, 0.5) is 0 Å². The number of nitrogens with zero attached hydrogens (tertiary/aromatic N) is 1. The molecule has 4 nitrogen and oxygen atoms in total. The highest BCUT2D eigenvalue weighted by Crippen LogP contribution is 2.09. The van der Waals surface area contributed by atoms with E-state index >= 15 is 0 Å². The van der Waals surface area contributed by atoms with Gasteiger partial charge in [-0.3, -0.25) is 9.59 Å². The number of benzene rings is 1. The van der Waals surface area contributed by atoms with Gasteiger partial charge in [-0.15, -0.1) is 0 Å². The monoisotopic (exact) mass is 283 g/mol. The fraction of sp³-hybridized carbons (Fsp3) is 0.176. The maximum Gasteiger partial charge on any atom is 0.323 e. The van der Waals surface area contributed by atoms with Gasteiger partial charge in [-0.05, 0) is 29.2 Å². The van der Waals surface area contributed by atoms with Crippen LogP contribution < -0.4 is 5.56 Å². The molecule has 0 spiro atoms. The van der Waals surface area contributed by atoms with E-state index in [1.807, 2.05) is 24.3 Å². The van der Waals surface area contributed by atoms with Crippen molar-refractivity contribution in [1.82, 2.24) is 4.57 Å². The van der Waals surface area contributed by atoms with E-state index in [0.717, 1.165) is 22.1 Å². The number of carboxylic acid groups (broad SMARTS) is 1. The summed E-state index contributed by atoms with van der Waals surface area (Å²) in [5, 5.41) is 8.68. The third-order valence-electron chi connectivity index (χ3n) is 3.18. The molecule has 0 fully saturated rings. The summed E-state index contributed by atoms with van der Waals surface area (Å²) in [6, 6.07) is 11.4. The molecule has 1 heterocycles. The van der Waals surface area contributed by atoms with Gasteiger partial charge >= 0.3 is 5.97 Å². The molecule has 108 valence electrons. The molecule has 0 bridgehead atoms. The Balaban J connectivity index is 2.15. The van der Waals surface area contributed by atoms with E-state index in [4.69, 9.17) is 5.11 Å². The highest BCUT2D eigenvalue weighted by atomic mass is 16.4. The maximum absolute atomic E-state index is 11.7. The van der Waals surface area contributed by atoms with Crippen LogP contribution in [0.25, 0.3) is 12.2 Å². The SMILES string of the molecule is CCc1ccc(/C=C/c2ccn(CC(=O)O)c(=O)c2)cc1. The molecule has 1 aromatic carbocycles. The average molecular weight is 283 g/mol. The molecule has 1 aromatic heterocycles. The van der Waals surface area contributed by atoms with Crippen molar-refractivity contribution in [2.45, 2.75) is 19.9 Å². The fourth-order valence-electron chi connectivity index (χ4n) is 1.96. The average Bonchev–Trinajstić information content (AvgIpc) is 2.48. The third kappa shape index (κ3) is 4.18. The second kappa shape index (κ2) is 6.70. The van der Waals surface area contributed by atoms with Crippen LogP contribution in [-0.4, -0.2) is 15.6 Å². The van der Waals surface area contributed by atoms with Crippen LogP contribution in [0, 0.1) is 0 Å². The second-order valence-electron chi connectivity index (χ2n) is 4.75. The quantitative estimate of drug-likeness (QED) is 0.917. The number of hydrogen-bond donors (Lipinski definition) is 1. The minimum Gasteiger partial charge on any atom is -0.480 e. The van der Waals surface area contributed by atoms with Crippen molar-refractivity contribution in [3.8, 4) is 0 Å². The molecular formula is C17H17NO3. The van der Waals surface area contributed by atoms with Gasteiger partial charge < -0.3 is 9.67 Å². The molecule has 0 unspecified atom stereocenters. The topological polar surface area (TPSA) is 59.3 Å². The van der Waals surface area contributed by atoms with Crippen molar-refractivity contribution < 1.29 is 9.90 Å². The first-order valence-electron chi connectivity index (χ1n) is 6.78. The Kier molecular flexibility index (Phi) is 4.72. The Morgan fingerprint density at radius 2 is 1.81 bits per heavy atom. The molecule has 0 amide bonds. The Morgan fingerprint density at radius 1 is 1.14 bits per heavy atom. The molecule has 0 atom stereocenters. The first-order valence-corrected chi connectivity index (χ1v) is 6.78. The van der Waals surface area contributed by atoms with E-state index in [-0.39, 0.29) is 12.1 Å². The smallest absolute Gasteiger partial charge is 0.323 e. The van der Waals surface area contributed by atoms with Crippen molar-refractivity contribution in [2.75, 3.05) is 0 Å². The summed E-state index contributed by atoms with van der Waals surface area (Å²) in [4.78, 5) is 22.3. The second-order valence-corrected chi connectivity index (χ2v) is 4.75. The molecule has 0 saturated heterocycles. The van der Waals surface area contributed by atoms with E-state index < -0.39 is 5.97 Å². The zero-order chi connectivity index (χ0) is 15.2. The summed E-state index contributed by atoms with van der Waals surface area (Å²) in [7, 11) is 0. The molecule has 1 N–H and O–H groups in total. The van der Waals surface area contributed by atoms with Crippen LogP contribution in [0.3, 0.4) is 0 Å². The van der Waals surface area contributed by atoms with Crippen molar-refractivity contribution in [2.24, 2.45) is 0 Å². The first kappa shape index (κ1) is 14.8. The van der Waals surface area contributed by atoms with Gasteiger partial charge in [-0.2, -0.15) is 0 Å². The van der Waals surface area contributed by atoms with E-state index in [1.165, 1.54) is 17.8 Å². The molecule has 2 rings (SSSR count). The lowest BCUT2D eigenvalue weighted by Crippen LogP contribution is -2.22. The van der Waals surface area contributed by atoms with Crippen molar-refractivity contribution in [3.63, 3.8) is 0 Å². The van der Waals surface area contributed by atoms with E-state index in [9.17, 15) is 9.59 Å². The molecule has 4 heteroatoms. The predicted octanol–water partition coefficient (Wildman–Crippen LogP) is 2.67. The lowest BCUT2D eigenvalue weighted by Gasteiger charge is -2.02. The van der Waals surface area contributed by atoms with E-state index in [1.54, 1.807) is 6.07 Å². The Labute approximate surface area is 123 Å². The van der Waals surface area contributed by atoms with Gasteiger partial charge in [-0.1, -0.05) is 43.3 Å². The third-order valence-corrected chi connectivity index (χ3v) is 3.18. The van der Waals surface area contributed by atoms with E-state index in [0.29, 0.717) is 0 Å². The van der Waals surface area contributed by atoms with Crippen LogP contribution in [0.2, 0.25) is 0 Å². The lowest BCUT2D eigenvalue weighted by molar-refractivity contribution is -0.137. The highest BCUT2D eigenvalue weighted by molar-refractivity contribution is 5.69. The summed E-state index contributed by atoms with van der Waals surface area (Å²) in [6.45, 7) is 1.79. The van der Waals surface area contributed by atoms with Gasteiger partial charge in [0.15, 0.2) is 0 Å². The number of aromatic nitrogens is 1. The van der Waals surface area contributed by atoms with Crippen LogP contribution in [-0.2, 0) is 17.8 Å². The molecule has 2 aromatic rings. The Hall–Kier alpha value is -2.62. The zero-order valence-electron chi connectivity index (χ0n) is 11.8. The van der Waals surface area contributed by atoms with Gasteiger partial charge in [0.2, 0.25) is 0 Å². The lowest BCUT2D eigenvalue weighted by atomic mass is 10.1. The molecule has 21 heavy (non-hydrogen) atoms. The minimum absolute atomic E-state index is 0.318. The molecule has 0 aliphatic heterocycles. The number of pyridine rings is 1. The molecule has 0 aliphatic carbocycles. The van der Waals surface area contributed by atoms with Crippen LogP contribution >= 0.6 is 0 Å². The predicted molar refractivity (Wildman–Crippen MR) is 83.1 cm³/mol. The number of rotatable bonds is 5. The van der Waals surface area contributed by atoms with Crippen LogP contribution in [0.15, 0.2) is 47.4 Å².